The first-order valence-corrected chi connectivity index (χ1v) is 8.91. The zero-order valence-corrected chi connectivity index (χ0v) is 14.9. The SMILES string of the molecule is CCc1cccc(CC)c1NC(=O)[C@H](C)c1nc(CC(=O)O)cs1. The van der Waals surface area contributed by atoms with Gasteiger partial charge in [-0.1, -0.05) is 32.0 Å². The minimum Gasteiger partial charge on any atom is -0.481 e. The van der Waals surface area contributed by atoms with Crippen LogP contribution in [-0.2, 0) is 28.9 Å². The van der Waals surface area contributed by atoms with Crippen LogP contribution in [0.1, 0.15) is 48.5 Å². The van der Waals surface area contributed by atoms with E-state index in [1.54, 1.807) is 12.3 Å². The highest BCUT2D eigenvalue weighted by Crippen LogP contribution is 2.26. The van der Waals surface area contributed by atoms with Crippen molar-refractivity contribution in [3.05, 3.63) is 45.4 Å². The standard InChI is InChI=1S/C18H22N2O3S/c1-4-12-7-6-8-13(5-2)16(12)20-17(23)11(3)18-19-14(10-24-18)9-15(21)22/h6-8,10-11H,4-5,9H2,1-3H3,(H,20,23)(H,21,22)/t11-/m0/s1. The largest absolute Gasteiger partial charge is 0.481 e. The molecule has 6 heteroatoms. The number of nitrogens with zero attached hydrogens (tertiary/aromatic N) is 1. The quantitative estimate of drug-likeness (QED) is 0.802. The Morgan fingerprint density at radius 1 is 1.25 bits per heavy atom. The summed E-state index contributed by atoms with van der Waals surface area (Å²) in [4.78, 5) is 27.6. The number of anilines is 1. The van der Waals surface area contributed by atoms with E-state index in [1.807, 2.05) is 18.2 Å². The normalized spacial score (nSPS) is 12.0. The van der Waals surface area contributed by atoms with E-state index in [0.717, 1.165) is 29.7 Å². The number of carbonyl (C=O) groups excluding carboxylic acids is 1. The Hall–Kier alpha value is -2.21. The number of carbonyl (C=O) groups is 2. The maximum atomic E-state index is 12.6. The number of para-hydroxylation sites is 1. The van der Waals surface area contributed by atoms with E-state index in [1.165, 1.54) is 11.3 Å². The Balaban J connectivity index is 2.17. The van der Waals surface area contributed by atoms with Crippen LogP contribution < -0.4 is 5.32 Å². The topological polar surface area (TPSA) is 79.3 Å². The number of hydrogen-bond acceptors (Lipinski definition) is 4. The van der Waals surface area contributed by atoms with Crippen LogP contribution in [0, 0.1) is 0 Å². The molecule has 24 heavy (non-hydrogen) atoms. The number of thiazole rings is 1. The summed E-state index contributed by atoms with van der Waals surface area (Å²) in [6.45, 7) is 5.92. The molecular formula is C18H22N2O3S. The smallest absolute Gasteiger partial charge is 0.309 e. The molecule has 128 valence electrons. The van der Waals surface area contributed by atoms with Crippen molar-refractivity contribution >= 4 is 28.9 Å². The van der Waals surface area contributed by atoms with Crippen molar-refractivity contribution in [2.24, 2.45) is 0 Å². The summed E-state index contributed by atoms with van der Waals surface area (Å²) in [6, 6.07) is 6.05. The lowest BCUT2D eigenvalue weighted by molar-refractivity contribution is -0.136. The number of benzene rings is 1. The Labute approximate surface area is 145 Å². The number of carboxylic acids is 1. The molecule has 1 aromatic heterocycles. The summed E-state index contributed by atoms with van der Waals surface area (Å²) in [5.41, 5.74) is 3.60. The monoisotopic (exact) mass is 346 g/mol. The molecule has 0 spiro atoms. The minimum absolute atomic E-state index is 0.122. The summed E-state index contributed by atoms with van der Waals surface area (Å²) in [6.07, 6.45) is 1.57. The van der Waals surface area contributed by atoms with Gasteiger partial charge in [-0.2, -0.15) is 0 Å². The van der Waals surface area contributed by atoms with Gasteiger partial charge in [-0.15, -0.1) is 11.3 Å². The fourth-order valence-corrected chi connectivity index (χ4v) is 3.38. The molecule has 0 unspecified atom stereocenters. The van der Waals surface area contributed by atoms with E-state index >= 15 is 0 Å². The van der Waals surface area contributed by atoms with Gasteiger partial charge in [0.1, 0.15) is 5.01 Å². The second kappa shape index (κ2) is 8.06. The fraction of sp³-hybridized carbons (Fsp3) is 0.389. The van der Waals surface area contributed by atoms with Crippen LogP contribution in [0.2, 0.25) is 0 Å². The van der Waals surface area contributed by atoms with Gasteiger partial charge < -0.3 is 10.4 Å². The molecule has 0 aliphatic carbocycles. The summed E-state index contributed by atoms with van der Waals surface area (Å²) in [5.74, 6) is -1.47. The number of aliphatic carboxylic acids is 1. The fourth-order valence-electron chi connectivity index (χ4n) is 2.50. The van der Waals surface area contributed by atoms with Crippen molar-refractivity contribution in [1.82, 2.24) is 4.98 Å². The number of nitrogens with one attached hydrogen (secondary N) is 1. The summed E-state index contributed by atoms with van der Waals surface area (Å²) >= 11 is 1.32. The molecule has 1 heterocycles. The Kier molecular flexibility index (Phi) is 6.09. The molecular weight excluding hydrogens is 324 g/mol. The third-order valence-corrected chi connectivity index (χ3v) is 4.99. The van der Waals surface area contributed by atoms with Gasteiger partial charge in [0.2, 0.25) is 5.91 Å². The van der Waals surface area contributed by atoms with Crippen LogP contribution >= 0.6 is 11.3 Å². The number of aromatic nitrogens is 1. The van der Waals surface area contributed by atoms with Gasteiger partial charge in [-0.05, 0) is 30.9 Å². The van der Waals surface area contributed by atoms with Crippen LogP contribution in [0.25, 0.3) is 0 Å². The maximum Gasteiger partial charge on any atom is 0.309 e. The van der Waals surface area contributed by atoms with Crippen LogP contribution in [0.3, 0.4) is 0 Å². The average Bonchev–Trinajstić information content (AvgIpc) is 3.01. The molecule has 0 saturated carbocycles. The van der Waals surface area contributed by atoms with Gasteiger partial charge in [0.15, 0.2) is 0 Å². The number of rotatable bonds is 7. The Bertz CT molecular complexity index is 717. The second-order valence-corrected chi connectivity index (χ2v) is 6.51. The van der Waals surface area contributed by atoms with Crippen molar-refractivity contribution in [3.8, 4) is 0 Å². The van der Waals surface area contributed by atoms with Crippen LogP contribution in [0.15, 0.2) is 23.6 Å². The van der Waals surface area contributed by atoms with Crippen molar-refractivity contribution in [3.63, 3.8) is 0 Å². The number of aryl methyl sites for hydroxylation is 2. The summed E-state index contributed by atoms with van der Waals surface area (Å²) in [5, 5.41) is 14.2. The molecule has 0 radical (unpaired) electrons. The summed E-state index contributed by atoms with van der Waals surface area (Å²) in [7, 11) is 0. The predicted molar refractivity (Wildman–Crippen MR) is 95.7 cm³/mol. The highest BCUT2D eigenvalue weighted by Gasteiger charge is 2.21. The molecule has 0 saturated heterocycles. The molecule has 2 rings (SSSR count). The third kappa shape index (κ3) is 4.20. The van der Waals surface area contributed by atoms with Gasteiger partial charge in [-0.3, -0.25) is 9.59 Å². The first-order valence-electron chi connectivity index (χ1n) is 8.03. The third-order valence-electron chi connectivity index (χ3n) is 3.91. The molecule has 1 aromatic carbocycles. The average molecular weight is 346 g/mol. The van der Waals surface area contributed by atoms with E-state index in [9.17, 15) is 9.59 Å². The molecule has 0 fully saturated rings. The lowest BCUT2D eigenvalue weighted by atomic mass is 10.0. The van der Waals surface area contributed by atoms with E-state index in [4.69, 9.17) is 5.11 Å². The van der Waals surface area contributed by atoms with Crippen molar-refractivity contribution in [2.75, 3.05) is 5.32 Å². The lowest BCUT2D eigenvalue weighted by Crippen LogP contribution is -2.20. The minimum atomic E-state index is -0.923. The van der Waals surface area contributed by atoms with Crippen LogP contribution in [0.4, 0.5) is 5.69 Å². The Morgan fingerprint density at radius 3 is 2.42 bits per heavy atom. The molecule has 0 bridgehead atoms. The molecule has 5 nitrogen and oxygen atoms in total. The predicted octanol–water partition coefficient (Wildman–Crippen LogP) is 3.64. The van der Waals surface area contributed by atoms with Crippen molar-refractivity contribution in [1.29, 1.82) is 0 Å². The van der Waals surface area contributed by atoms with Gasteiger partial charge in [0.05, 0.1) is 18.0 Å². The van der Waals surface area contributed by atoms with Crippen molar-refractivity contribution in [2.45, 2.75) is 46.0 Å². The van der Waals surface area contributed by atoms with Crippen molar-refractivity contribution < 1.29 is 14.7 Å². The van der Waals surface area contributed by atoms with Crippen LogP contribution in [-0.4, -0.2) is 22.0 Å². The number of hydrogen-bond donors (Lipinski definition) is 2. The zero-order chi connectivity index (χ0) is 17.7. The van der Waals surface area contributed by atoms with Gasteiger partial charge in [-0.25, -0.2) is 4.98 Å². The molecule has 1 atom stereocenters. The molecule has 2 N–H and O–H groups in total. The van der Waals surface area contributed by atoms with E-state index in [0.29, 0.717) is 10.7 Å². The van der Waals surface area contributed by atoms with E-state index in [-0.39, 0.29) is 12.3 Å². The molecule has 0 aliphatic rings. The second-order valence-electron chi connectivity index (χ2n) is 5.62. The molecule has 0 aliphatic heterocycles. The first-order chi connectivity index (χ1) is 11.5. The maximum absolute atomic E-state index is 12.6. The van der Waals surface area contributed by atoms with Gasteiger partial charge in [0.25, 0.3) is 0 Å². The Morgan fingerprint density at radius 2 is 1.88 bits per heavy atom. The highest BCUT2D eigenvalue weighted by atomic mass is 32.1. The first kappa shape index (κ1) is 18.1. The van der Waals surface area contributed by atoms with Gasteiger partial charge >= 0.3 is 5.97 Å². The lowest BCUT2D eigenvalue weighted by Gasteiger charge is -2.16. The summed E-state index contributed by atoms with van der Waals surface area (Å²) < 4.78 is 0. The zero-order valence-electron chi connectivity index (χ0n) is 14.1. The van der Waals surface area contributed by atoms with E-state index in [2.05, 4.69) is 24.1 Å². The number of amides is 1. The molecule has 1 amide bonds. The highest BCUT2D eigenvalue weighted by molar-refractivity contribution is 7.09. The number of carboxylic acid groups (broad SMARTS) is 1. The van der Waals surface area contributed by atoms with Crippen LogP contribution in [0.5, 0.6) is 0 Å². The molecule has 2 aromatic rings. The van der Waals surface area contributed by atoms with E-state index < -0.39 is 11.9 Å². The van der Waals surface area contributed by atoms with Gasteiger partial charge in [0, 0.05) is 11.1 Å².